The second kappa shape index (κ2) is 10.8. The van der Waals surface area contributed by atoms with Gasteiger partial charge in [-0.25, -0.2) is 4.98 Å². The molecule has 0 unspecified atom stereocenters. The molecule has 33 heavy (non-hydrogen) atoms. The number of oxazole rings is 1. The number of rotatable bonds is 8. The number of nitrogens with zero attached hydrogens (tertiary/aromatic N) is 2. The first-order chi connectivity index (χ1) is 15.4. The number of Topliss-reactive ketones (excluding diaryl/α,β-unsaturated/α-hetero) is 1. The lowest BCUT2D eigenvalue weighted by molar-refractivity contribution is -0.896. The first kappa shape index (κ1) is 25.3. The predicted molar refractivity (Wildman–Crippen MR) is 124 cm³/mol. The molecule has 176 valence electrons. The summed E-state index contributed by atoms with van der Waals surface area (Å²) >= 11 is 0. The highest BCUT2D eigenvalue weighted by Gasteiger charge is 2.44. The van der Waals surface area contributed by atoms with Crippen LogP contribution >= 0.6 is 0 Å². The lowest BCUT2D eigenvalue weighted by Gasteiger charge is -2.36. The standard InChI is InChI=1S/C27H33N2O3.BrH/c1-29(2,20-25(30)21-12-6-3-7-13-21)19-24-18-28-26(32-24)27(31,22-14-8-4-9-15-22)23-16-10-5-11-17-23;/h3-4,6-9,12-15,18,23,31H,5,10-11,16-17,19-20H2,1-2H3;1H/q+1;/p-1/t27-;/m0./s1. The number of ketones is 1. The Bertz CT molecular complexity index is 1030. The summed E-state index contributed by atoms with van der Waals surface area (Å²) in [6.45, 7) is 0.868. The number of halogens is 1. The summed E-state index contributed by atoms with van der Waals surface area (Å²) < 4.78 is 6.63. The molecular formula is C27H33BrN2O3. The summed E-state index contributed by atoms with van der Waals surface area (Å²) in [5.74, 6) is 1.21. The molecule has 1 aromatic heterocycles. The number of likely N-dealkylation sites (N-methyl/N-ethyl adjacent to an activating group) is 1. The van der Waals surface area contributed by atoms with Gasteiger partial charge in [-0.3, -0.25) is 4.79 Å². The molecule has 1 fully saturated rings. The van der Waals surface area contributed by atoms with E-state index in [-0.39, 0.29) is 28.7 Å². The number of aromatic nitrogens is 1. The Morgan fingerprint density at radius 2 is 1.64 bits per heavy atom. The largest absolute Gasteiger partial charge is 1.00 e. The smallest absolute Gasteiger partial charge is 0.231 e. The second-order valence-electron chi connectivity index (χ2n) is 9.64. The zero-order valence-electron chi connectivity index (χ0n) is 19.4. The zero-order valence-corrected chi connectivity index (χ0v) is 21.0. The Balaban J connectivity index is 0.00000306. The lowest BCUT2D eigenvalue weighted by Crippen LogP contribution is -3.00. The molecule has 0 spiro atoms. The van der Waals surface area contributed by atoms with Gasteiger partial charge in [0.25, 0.3) is 0 Å². The first-order valence-electron chi connectivity index (χ1n) is 11.5. The number of carbonyl (C=O) groups excluding carboxylic acids is 1. The van der Waals surface area contributed by atoms with Gasteiger partial charge >= 0.3 is 0 Å². The molecule has 1 heterocycles. The van der Waals surface area contributed by atoms with Crippen molar-refractivity contribution in [3.8, 4) is 0 Å². The number of aliphatic hydroxyl groups is 1. The van der Waals surface area contributed by atoms with Crippen LogP contribution in [-0.2, 0) is 12.1 Å². The molecule has 5 nitrogen and oxygen atoms in total. The molecular weight excluding hydrogens is 480 g/mol. The summed E-state index contributed by atoms with van der Waals surface area (Å²) in [5, 5.41) is 12.0. The minimum atomic E-state index is -1.24. The van der Waals surface area contributed by atoms with Gasteiger partial charge in [-0.05, 0) is 18.4 Å². The van der Waals surface area contributed by atoms with Crippen molar-refractivity contribution in [3.05, 3.63) is 89.6 Å². The molecule has 1 N–H and O–H groups in total. The maximum Gasteiger partial charge on any atom is 0.231 e. The molecule has 1 atom stereocenters. The molecule has 0 amide bonds. The van der Waals surface area contributed by atoms with Gasteiger partial charge in [-0.1, -0.05) is 79.9 Å². The van der Waals surface area contributed by atoms with Gasteiger partial charge in [0.1, 0.15) is 13.1 Å². The monoisotopic (exact) mass is 512 g/mol. The molecule has 1 saturated carbocycles. The van der Waals surface area contributed by atoms with Crippen molar-refractivity contribution in [2.24, 2.45) is 5.92 Å². The lowest BCUT2D eigenvalue weighted by atomic mass is 9.73. The van der Waals surface area contributed by atoms with Crippen LogP contribution in [0.1, 0.15) is 59.7 Å². The van der Waals surface area contributed by atoms with Crippen LogP contribution in [0.15, 0.2) is 71.3 Å². The molecule has 0 radical (unpaired) electrons. The van der Waals surface area contributed by atoms with Gasteiger partial charge < -0.3 is 31.0 Å². The fourth-order valence-corrected chi connectivity index (χ4v) is 4.89. The van der Waals surface area contributed by atoms with Crippen molar-refractivity contribution in [2.75, 3.05) is 20.6 Å². The maximum atomic E-state index is 12.7. The second-order valence-corrected chi connectivity index (χ2v) is 9.64. The Kier molecular flexibility index (Phi) is 8.27. The van der Waals surface area contributed by atoms with Gasteiger partial charge in [-0.2, -0.15) is 0 Å². The van der Waals surface area contributed by atoms with Crippen molar-refractivity contribution < 1.29 is 35.8 Å². The third-order valence-electron chi connectivity index (χ3n) is 6.54. The van der Waals surface area contributed by atoms with Crippen LogP contribution in [0.5, 0.6) is 0 Å². The topological polar surface area (TPSA) is 63.3 Å². The normalized spacial score (nSPS) is 16.6. The van der Waals surface area contributed by atoms with Crippen LogP contribution in [0.3, 0.4) is 0 Å². The highest BCUT2D eigenvalue weighted by atomic mass is 79.9. The fraction of sp³-hybridized carbons (Fsp3) is 0.407. The molecule has 3 aromatic rings. The van der Waals surface area contributed by atoms with E-state index in [4.69, 9.17) is 4.42 Å². The van der Waals surface area contributed by atoms with Gasteiger partial charge in [-0.15, -0.1) is 0 Å². The third kappa shape index (κ3) is 5.81. The zero-order chi connectivity index (χ0) is 22.6. The van der Waals surface area contributed by atoms with Gasteiger partial charge in [0.15, 0.2) is 11.4 Å². The third-order valence-corrected chi connectivity index (χ3v) is 6.54. The van der Waals surface area contributed by atoms with Crippen LogP contribution in [0, 0.1) is 5.92 Å². The minimum absolute atomic E-state index is 0. The SMILES string of the molecule is C[N+](C)(CC(=O)c1ccccc1)Cc1cnc([C@](O)(c2ccccc2)C2CCCCC2)o1.[Br-]. The van der Waals surface area contributed by atoms with Crippen LogP contribution in [0.25, 0.3) is 0 Å². The van der Waals surface area contributed by atoms with Crippen molar-refractivity contribution >= 4 is 5.78 Å². The Hall–Kier alpha value is -2.28. The van der Waals surface area contributed by atoms with Crippen LogP contribution in [0.4, 0.5) is 0 Å². The molecule has 2 aromatic carbocycles. The number of benzene rings is 2. The molecule has 0 aliphatic heterocycles. The quantitative estimate of drug-likeness (QED) is 0.370. The van der Waals surface area contributed by atoms with E-state index in [1.807, 2.05) is 74.8 Å². The van der Waals surface area contributed by atoms with Crippen LogP contribution < -0.4 is 17.0 Å². The minimum Gasteiger partial charge on any atom is -1.00 e. The molecule has 4 rings (SSSR count). The van der Waals surface area contributed by atoms with Crippen molar-refractivity contribution in [3.63, 3.8) is 0 Å². The number of quaternary nitrogens is 1. The maximum absolute atomic E-state index is 12.7. The summed E-state index contributed by atoms with van der Waals surface area (Å²) in [4.78, 5) is 17.3. The first-order valence-corrected chi connectivity index (χ1v) is 11.5. The average Bonchev–Trinajstić information content (AvgIpc) is 3.28. The van der Waals surface area contributed by atoms with E-state index in [0.717, 1.165) is 31.2 Å². The molecule has 0 saturated heterocycles. The Labute approximate surface area is 206 Å². The fourth-order valence-electron chi connectivity index (χ4n) is 4.89. The van der Waals surface area contributed by atoms with Crippen molar-refractivity contribution in [1.82, 2.24) is 4.98 Å². The van der Waals surface area contributed by atoms with Gasteiger partial charge in [0.05, 0.1) is 20.3 Å². The predicted octanol–water partition coefficient (Wildman–Crippen LogP) is 1.95. The van der Waals surface area contributed by atoms with Crippen molar-refractivity contribution in [1.29, 1.82) is 0 Å². The summed E-state index contributed by atoms with van der Waals surface area (Å²) in [6, 6.07) is 19.1. The number of hydrogen-bond acceptors (Lipinski definition) is 4. The van der Waals surface area contributed by atoms with Crippen LogP contribution in [0.2, 0.25) is 0 Å². The molecule has 6 heteroatoms. The molecule has 0 bridgehead atoms. The molecule has 1 aliphatic carbocycles. The van der Waals surface area contributed by atoms with E-state index in [9.17, 15) is 9.90 Å². The number of carbonyl (C=O) groups is 1. The van der Waals surface area contributed by atoms with E-state index in [1.165, 1.54) is 6.42 Å². The van der Waals surface area contributed by atoms with Gasteiger partial charge in [0.2, 0.25) is 11.7 Å². The van der Waals surface area contributed by atoms with E-state index >= 15 is 0 Å². The highest BCUT2D eigenvalue weighted by molar-refractivity contribution is 5.96. The highest BCUT2D eigenvalue weighted by Crippen LogP contribution is 2.43. The van der Waals surface area contributed by atoms with Gasteiger partial charge in [0, 0.05) is 11.5 Å². The van der Waals surface area contributed by atoms with E-state index in [0.29, 0.717) is 34.8 Å². The Morgan fingerprint density at radius 1 is 1.03 bits per heavy atom. The van der Waals surface area contributed by atoms with Crippen molar-refractivity contribution in [2.45, 2.75) is 44.2 Å². The summed E-state index contributed by atoms with van der Waals surface area (Å²) in [6.07, 6.45) is 7.04. The van der Waals surface area contributed by atoms with E-state index < -0.39 is 5.60 Å². The summed E-state index contributed by atoms with van der Waals surface area (Å²) in [7, 11) is 4.02. The summed E-state index contributed by atoms with van der Waals surface area (Å²) in [5.41, 5.74) is 0.303. The number of hydrogen-bond donors (Lipinski definition) is 1. The van der Waals surface area contributed by atoms with E-state index in [2.05, 4.69) is 4.98 Å². The van der Waals surface area contributed by atoms with E-state index in [1.54, 1.807) is 6.20 Å². The van der Waals surface area contributed by atoms with Crippen LogP contribution in [-0.4, -0.2) is 41.0 Å². The Morgan fingerprint density at radius 3 is 2.27 bits per heavy atom. The average molecular weight is 513 g/mol. The molecule has 1 aliphatic rings.